The van der Waals surface area contributed by atoms with Gasteiger partial charge in [0.15, 0.2) is 6.29 Å². The SMILES string of the molecule is COC(=O)[C@@]1(O)C[C@@H](C)O[C@H]1O[C@@H]1C[C@@H]2CC[C@@H]3[C@H](CC[C@]4(C)[C@@H](C5=CC(=O)OC5)CC[C@]34O)[C@@]2(OO)C[C@H]1O. The van der Waals surface area contributed by atoms with Gasteiger partial charge in [-0.2, -0.15) is 0 Å². The number of carbonyl (C=O) groups excluding carboxylic acids is 2. The Hall–Kier alpha value is -1.60. The summed E-state index contributed by atoms with van der Waals surface area (Å²) in [4.78, 5) is 29.5. The number of hydrogen-bond acceptors (Lipinski definition) is 11. The van der Waals surface area contributed by atoms with E-state index in [1.807, 2.05) is 0 Å². The molecule has 6 aliphatic rings. The fraction of sp³-hybridized carbons (Fsp3) is 0.862. The van der Waals surface area contributed by atoms with E-state index in [1.165, 1.54) is 7.11 Å². The third-order valence-electron chi connectivity index (χ3n) is 11.7. The van der Waals surface area contributed by atoms with E-state index in [0.29, 0.717) is 32.1 Å². The zero-order valence-corrected chi connectivity index (χ0v) is 23.4. The summed E-state index contributed by atoms with van der Waals surface area (Å²) in [6.45, 7) is 4.12. The van der Waals surface area contributed by atoms with Crippen molar-refractivity contribution in [2.75, 3.05) is 13.7 Å². The first kappa shape index (κ1) is 28.5. The summed E-state index contributed by atoms with van der Waals surface area (Å²) < 4.78 is 21.8. The van der Waals surface area contributed by atoms with Crippen LogP contribution in [0.1, 0.15) is 71.6 Å². The second-order valence-corrected chi connectivity index (χ2v) is 13.4. The quantitative estimate of drug-likeness (QED) is 0.218. The fourth-order valence-electron chi connectivity index (χ4n) is 9.82. The minimum atomic E-state index is -1.98. The summed E-state index contributed by atoms with van der Waals surface area (Å²) in [6.07, 6.45) is 2.57. The van der Waals surface area contributed by atoms with Crippen molar-refractivity contribution in [2.45, 2.75) is 113 Å². The summed E-state index contributed by atoms with van der Waals surface area (Å²) in [6, 6.07) is 0. The van der Waals surface area contributed by atoms with Crippen LogP contribution in [0.4, 0.5) is 0 Å². The van der Waals surface area contributed by atoms with E-state index in [-0.39, 0.29) is 49.1 Å². The summed E-state index contributed by atoms with van der Waals surface area (Å²) in [7, 11) is 1.19. The minimum absolute atomic E-state index is 0.0135. The summed E-state index contributed by atoms with van der Waals surface area (Å²) in [5.41, 5.74) is -3.54. The molecule has 2 aliphatic heterocycles. The van der Waals surface area contributed by atoms with E-state index in [9.17, 15) is 30.2 Å². The van der Waals surface area contributed by atoms with Crippen LogP contribution in [0.2, 0.25) is 0 Å². The van der Waals surface area contributed by atoms with Gasteiger partial charge in [0.2, 0.25) is 5.60 Å². The molecule has 2 heterocycles. The molecule has 4 saturated carbocycles. The highest BCUT2D eigenvalue weighted by atomic mass is 17.1. The zero-order chi connectivity index (χ0) is 28.7. The van der Waals surface area contributed by atoms with E-state index in [0.717, 1.165) is 18.4 Å². The van der Waals surface area contributed by atoms with Gasteiger partial charge in [0.05, 0.1) is 31.0 Å². The maximum Gasteiger partial charge on any atom is 0.343 e. The average Bonchev–Trinajstić information content (AvgIpc) is 3.56. The molecule has 224 valence electrons. The smallest absolute Gasteiger partial charge is 0.343 e. The van der Waals surface area contributed by atoms with Gasteiger partial charge in [-0.3, -0.25) is 5.26 Å². The Morgan fingerprint density at radius 3 is 2.55 bits per heavy atom. The third-order valence-corrected chi connectivity index (χ3v) is 11.7. The zero-order valence-electron chi connectivity index (χ0n) is 23.4. The topological polar surface area (TPSA) is 161 Å². The first-order valence-electron chi connectivity index (χ1n) is 14.6. The summed E-state index contributed by atoms with van der Waals surface area (Å²) in [5, 5.41) is 45.1. The largest absolute Gasteiger partial charge is 0.467 e. The van der Waals surface area contributed by atoms with Crippen molar-refractivity contribution < 1.29 is 54.0 Å². The molecule has 4 aliphatic carbocycles. The fourth-order valence-corrected chi connectivity index (χ4v) is 9.82. The molecule has 4 N–H and O–H groups in total. The number of ether oxygens (including phenoxy) is 4. The van der Waals surface area contributed by atoms with Gasteiger partial charge in [0, 0.05) is 24.3 Å². The lowest BCUT2D eigenvalue weighted by Crippen LogP contribution is -2.67. The number of aliphatic hydroxyl groups excluding tert-OH is 1. The molecule has 5 fully saturated rings. The Morgan fingerprint density at radius 2 is 1.88 bits per heavy atom. The number of cyclic esters (lactones) is 1. The molecule has 0 aromatic carbocycles. The van der Waals surface area contributed by atoms with Gasteiger partial charge in [-0.15, -0.1) is 0 Å². The van der Waals surface area contributed by atoms with Crippen LogP contribution in [-0.2, 0) is 33.4 Å². The molecule has 0 aromatic heterocycles. The first-order chi connectivity index (χ1) is 18.9. The van der Waals surface area contributed by atoms with Crippen LogP contribution in [0.3, 0.4) is 0 Å². The van der Waals surface area contributed by atoms with Crippen LogP contribution in [-0.4, -0.2) is 87.6 Å². The molecular weight excluding hydrogens is 524 g/mol. The molecule has 12 atom stereocenters. The van der Waals surface area contributed by atoms with Gasteiger partial charge in [0.25, 0.3) is 0 Å². The van der Waals surface area contributed by atoms with Crippen LogP contribution in [0.5, 0.6) is 0 Å². The van der Waals surface area contributed by atoms with Gasteiger partial charge in [-0.1, -0.05) is 6.92 Å². The Morgan fingerprint density at radius 1 is 1.10 bits per heavy atom. The molecule has 0 bridgehead atoms. The van der Waals surface area contributed by atoms with Crippen LogP contribution < -0.4 is 0 Å². The molecular formula is C29H42O11. The Balaban J connectivity index is 1.23. The lowest BCUT2D eigenvalue weighted by Gasteiger charge is -2.63. The van der Waals surface area contributed by atoms with Crippen molar-refractivity contribution in [2.24, 2.45) is 29.1 Å². The normalized spacial score (nSPS) is 51.9. The Labute approximate surface area is 233 Å². The van der Waals surface area contributed by atoms with Gasteiger partial charge in [-0.25, -0.2) is 14.5 Å². The Bertz CT molecular complexity index is 1080. The van der Waals surface area contributed by atoms with E-state index >= 15 is 0 Å². The number of hydrogen-bond donors (Lipinski definition) is 4. The third kappa shape index (κ3) is 3.88. The minimum Gasteiger partial charge on any atom is -0.467 e. The lowest BCUT2D eigenvalue weighted by molar-refractivity contribution is -0.394. The van der Waals surface area contributed by atoms with Crippen molar-refractivity contribution >= 4 is 11.9 Å². The van der Waals surface area contributed by atoms with Crippen LogP contribution in [0, 0.1) is 29.1 Å². The highest BCUT2D eigenvalue weighted by molar-refractivity contribution is 5.85. The highest BCUT2D eigenvalue weighted by Crippen LogP contribution is 2.68. The van der Waals surface area contributed by atoms with Gasteiger partial charge < -0.3 is 34.3 Å². The van der Waals surface area contributed by atoms with Gasteiger partial charge >= 0.3 is 11.9 Å². The van der Waals surface area contributed by atoms with Crippen LogP contribution in [0.25, 0.3) is 0 Å². The van der Waals surface area contributed by atoms with E-state index in [2.05, 4.69) is 6.92 Å². The average molecular weight is 567 g/mol. The number of esters is 2. The van der Waals surface area contributed by atoms with Crippen molar-refractivity contribution in [3.63, 3.8) is 0 Å². The highest BCUT2D eigenvalue weighted by Gasteiger charge is 2.70. The molecule has 11 heteroatoms. The second-order valence-electron chi connectivity index (χ2n) is 13.4. The lowest BCUT2D eigenvalue weighted by atomic mass is 9.46. The standard InChI is InChI=1S/C29H42O11/c1-15-12-27(33,24(32)36-3)25(38-15)39-22-11-17-4-5-20-19(28(17,40-35)13-21(22)30)6-8-26(2)18(7-9-29(20,26)34)16-10-23(31)37-14-16/h10,15,17-22,25,30,33-35H,4-9,11-14H2,1-3H3/t15-,17+,18-,19+,20-,21-,22-,25+,26-,27+,28-,29+/m1/s1. The summed E-state index contributed by atoms with van der Waals surface area (Å²) >= 11 is 0. The number of aliphatic hydroxyl groups is 3. The van der Waals surface area contributed by atoms with Crippen LogP contribution >= 0.6 is 0 Å². The predicted octanol–water partition coefficient (Wildman–Crippen LogP) is 1.86. The molecule has 0 amide bonds. The predicted molar refractivity (Wildman–Crippen MR) is 136 cm³/mol. The van der Waals surface area contributed by atoms with E-state index in [1.54, 1.807) is 13.0 Å². The van der Waals surface area contributed by atoms with Crippen LogP contribution in [0.15, 0.2) is 11.6 Å². The molecule has 1 saturated heterocycles. The summed E-state index contributed by atoms with van der Waals surface area (Å²) in [5.74, 6) is -1.64. The van der Waals surface area contributed by atoms with Crippen molar-refractivity contribution in [1.29, 1.82) is 0 Å². The maximum absolute atomic E-state index is 12.4. The molecule has 0 radical (unpaired) electrons. The number of fused-ring (bicyclic) bond motifs is 5. The molecule has 40 heavy (non-hydrogen) atoms. The Kier molecular flexibility index (Phi) is 6.93. The molecule has 0 aromatic rings. The second kappa shape index (κ2) is 9.72. The van der Waals surface area contributed by atoms with Crippen molar-refractivity contribution in [3.8, 4) is 0 Å². The van der Waals surface area contributed by atoms with Gasteiger partial charge in [0.1, 0.15) is 12.2 Å². The number of methoxy groups -OCH3 is 1. The molecule has 11 nitrogen and oxygen atoms in total. The van der Waals surface area contributed by atoms with E-state index in [4.69, 9.17) is 23.8 Å². The molecule has 0 spiro atoms. The first-order valence-corrected chi connectivity index (χ1v) is 14.6. The number of carbonyl (C=O) groups is 2. The molecule has 6 rings (SSSR count). The van der Waals surface area contributed by atoms with E-state index < -0.39 is 52.8 Å². The van der Waals surface area contributed by atoms with Crippen molar-refractivity contribution in [1.82, 2.24) is 0 Å². The molecule has 0 unspecified atom stereocenters. The van der Waals surface area contributed by atoms with Gasteiger partial charge in [-0.05, 0) is 81.1 Å². The van der Waals surface area contributed by atoms with Crippen molar-refractivity contribution in [3.05, 3.63) is 11.6 Å². The number of rotatable bonds is 5. The monoisotopic (exact) mass is 566 g/mol. The maximum atomic E-state index is 12.4.